The Balaban J connectivity index is 1.35. The van der Waals surface area contributed by atoms with E-state index in [1.165, 1.54) is 19.3 Å². The topological polar surface area (TPSA) is 60.3 Å². The number of benzene rings is 2. The maximum Gasteiger partial charge on any atom is 0.257 e. The zero-order valence-electron chi connectivity index (χ0n) is 23.7. The summed E-state index contributed by atoms with van der Waals surface area (Å²) < 4.78 is 7.93. The minimum atomic E-state index is -0.186. The fourth-order valence-corrected chi connectivity index (χ4v) is 8.03. The molecule has 5 nitrogen and oxygen atoms in total. The molecule has 0 atom stereocenters. The molecule has 2 aromatic carbocycles. The lowest BCUT2D eigenvalue weighted by atomic mass is 9.53. The molecule has 0 radical (unpaired) electrons. The highest BCUT2D eigenvalue weighted by Gasteiger charge is 2.51. The van der Waals surface area contributed by atoms with Crippen LogP contribution >= 0.6 is 0 Å². The SMILES string of the molecule is CCCCCn1cc(C(=O)NC23CC4CC(CC(C4)C2)C3)c(=O)c2cc(-c3ccc(OC(C)C)cc3)ccc21. The van der Waals surface area contributed by atoms with Gasteiger partial charge in [0.1, 0.15) is 11.3 Å². The number of rotatable bonds is 9. The molecular weight excluding hydrogens is 484 g/mol. The molecule has 1 aromatic heterocycles. The van der Waals surface area contributed by atoms with Gasteiger partial charge in [-0.2, -0.15) is 0 Å². The van der Waals surface area contributed by atoms with Crippen molar-refractivity contribution < 1.29 is 9.53 Å². The summed E-state index contributed by atoms with van der Waals surface area (Å²) in [5.41, 5.74) is 2.88. The van der Waals surface area contributed by atoms with Crippen LogP contribution in [0.1, 0.15) is 88.9 Å². The number of hydrogen-bond acceptors (Lipinski definition) is 3. The summed E-state index contributed by atoms with van der Waals surface area (Å²) in [5.74, 6) is 2.85. The van der Waals surface area contributed by atoms with Crippen LogP contribution in [0.15, 0.2) is 53.5 Å². The molecule has 4 fully saturated rings. The van der Waals surface area contributed by atoms with Crippen LogP contribution in [0.4, 0.5) is 0 Å². The number of nitrogens with one attached hydrogen (secondary N) is 1. The zero-order chi connectivity index (χ0) is 27.1. The molecule has 1 amide bonds. The highest BCUT2D eigenvalue weighted by Crippen LogP contribution is 2.55. The number of aryl methyl sites for hydroxylation is 1. The second kappa shape index (κ2) is 10.5. The zero-order valence-corrected chi connectivity index (χ0v) is 23.7. The maximum atomic E-state index is 13.9. The second-order valence-corrected chi connectivity index (χ2v) is 12.8. The summed E-state index contributed by atoms with van der Waals surface area (Å²) in [6.45, 7) is 7.01. The van der Waals surface area contributed by atoms with Crippen LogP contribution in [0.25, 0.3) is 22.0 Å². The van der Waals surface area contributed by atoms with Gasteiger partial charge in [-0.1, -0.05) is 38.0 Å². The Morgan fingerprint density at radius 3 is 2.23 bits per heavy atom. The fourth-order valence-electron chi connectivity index (χ4n) is 8.03. The summed E-state index contributed by atoms with van der Waals surface area (Å²) >= 11 is 0. The van der Waals surface area contributed by atoms with Gasteiger partial charge in [0, 0.05) is 23.7 Å². The van der Waals surface area contributed by atoms with E-state index in [-0.39, 0.29) is 28.5 Å². The predicted molar refractivity (Wildman–Crippen MR) is 157 cm³/mol. The van der Waals surface area contributed by atoms with Crippen LogP contribution in [-0.2, 0) is 6.54 Å². The normalized spacial score (nSPS) is 25.4. The highest BCUT2D eigenvalue weighted by molar-refractivity contribution is 5.98. The minimum absolute atomic E-state index is 0.116. The number of carbonyl (C=O) groups is 1. The molecule has 4 bridgehead atoms. The lowest BCUT2D eigenvalue weighted by molar-refractivity contribution is -0.0167. The Bertz CT molecular complexity index is 1380. The molecule has 0 spiro atoms. The van der Waals surface area contributed by atoms with E-state index in [9.17, 15) is 9.59 Å². The van der Waals surface area contributed by atoms with Crippen molar-refractivity contribution in [3.05, 3.63) is 64.4 Å². The van der Waals surface area contributed by atoms with Crippen molar-refractivity contribution in [3.8, 4) is 16.9 Å². The third-order valence-corrected chi connectivity index (χ3v) is 9.30. The molecule has 39 heavy (non-hydrogen) atoms. The molecule has 7 rings (SSSR count). The van der Waals surface area contributed by atoms with E-state index in [0.717, 1.165) is 85.2 Å². The van der Waals surface area contributed by atoms with Gasteiger partial charge >= 0.3 is 0 Å². The number of hydrogen-bond donors (Lipinski definition) is 1. The van der Waals surface area contributed by atoms with Gasteiger partial charge in [0.15, 0.2) is 0 Å². The van der Waals surface area contributed by atoms with Crippen molar-refractivity contribution in [3.63, 3.8) is 0 Å². The summed E-state index contributed by atoms with van der Waals surface area (Å²) in [6.07, 6.45) is 12.4. The Kier molecular flexibility index (Phi) is 7.03. The average Bonchev–Trinajstić information content (AvgIpc) is 2.89. The van der Waals surface area contributed by atoms with Crippen molar-refractivity contribution in [2.24, 2.45) is 17.8 Å². The third kappa shape index (κ3) is 5.25. The summed E-state index contributed by atoms with van der Waals surface area (Å²) in [5, 5.41) is 4.06. The van der Waals surface area contributed by atoms with Gasteiger partial charge in [0.25, 0.3) is 5.91 Å². The van der Waals surface area contributed by atoms with Crippen LogP contribution < -0.4 is 15.5 Å². The number of carbonyl (C=O) groups excluding carboxylic acids is 1. The lowest BCUT2D eigenvalue weighted by Crippen LogP contribution is -2.60. The Morgan fingerprint density at radius 1 is 0.974 bits per heavy atom. The summed E-state index contributed by atoms with van der Waals surface area (Å²) in [4.78, 5) is 27.7. The Hall–Kier alpha value is -3.08. The van der Waals surface area contributed by atoms with Gasteiger partial charge in [-0.3, -0.25) is 9.59 Å². The molecule has 1 N–H and O–H groups in total. The number of pyridine rings is 1. The largest absolute Gasteiger partial charge is 0.491 e. The van der Waals surface area contributed by atoms with Gasteiger partial charge in [0.05, 0.1) is 11.6 Å². The first-order valence-corrected chi connectivity index (χ1v) is 15.1. The molecule has 5 heteroatoms. The number of nitrogens with zero attached hydrogens (tertiary/aromatic N) is 1. The van der Waals surface area contributed by atoms with E-state index >= 15 is 0 Å². The van der Waals surface area contributed by atoms with Gasteiger partial charge in [0.2, 0.25) is 5.43 Å². The smallest absolute Gasteiger partial charge is 0.257 e. The van der Waals surface area contributed by atoms with Crippen LogP contribution in [0.3, 0.4) is 0 Å². The Labute approximate surface area is 232 Å². The quantitative estimate of drug-likeness (QED) is 0.297. The molecular formula is C34H42N2O3. The van der Waals surface area contributed by atoms with Crippen LogP contribution in [-0.4, -0.2) is 22.1 Å². The fraction of sp³-hybridized carbons (Fsp3) is 0.529. The van der Waals surface area contributed by atoms with E-state index in [1.54, 1.807) is 0 Å². The predicted octanol–water partition coefficient (Wildman–Crippen LogP) is 7.34. The minimum Gasteiger partial charge on any atom is -0.491 e. The first-order valence-electron chi connectivity index (χ1n) is 15.1. The number of unbranched alkanes of at least 4 members (excludes halogenated alkanes) is 2. The van der Waals surface area contributed by atoms with Crippen LogP contribution in [0, 0.1) is 17.8 Å². The van der Waals surface area contributed by atoms with Gasteiger partial charge in [-0.05, 0) is 112 Å². The van der Waals surface area contributed by atoms with Gasteiger partial charge in [-0.15, -0.1) is 0 Å². The van der Waals surface area contributed by atoms with E-state index in [2.05, 4.69) is 22.9 Å². The molecule has 1 heterocycles. The molecule has 4 aliphatic carbocycles. The van der Waals surface area contributed by atoms with Crippen molar-refractivity contribution >= 4 is 16.8 Å². The monoisotopic (exact) mass is 526 g/mol. The number of amides is 1. The van der Waals surface area contributed by atoms with Crippen molar-refractivity contribution in [2.75, 3.05) is 0 Å². The Morgan fingerprint density at radius 2 is 1.62 bits per heavy atom. The first-order chi connectivity index (χ1) is 18.8. The van der Waals surface area contributed by atoms with E-state index in [1.807, 2.05) is 56.4 Å². The lowest BCUT2D eigenvalue weighted by Gasteiger charge is -2.56. The van der Waals surface area contributed by atoms with E-state index in [0.29, 0.717) is 5.39 Å². The second-order valence-electron chi connectivity index (χ2n) is 12.8. The first kappa shape index (κ1) is 26.2. The van der Waals surface area contributed by atoms with Gasteiger partial charge in [-0.25, -0.2) is 0 Å². The van der Waals surface area contributed by atoms with Crippen molar-refractivity contribution in [1.82, 2.24) is 9.88 Å². The van der Waals surface area contributed by atoms with Gasteiger partial charge < -0.3 is 14.6 Å². The molecule has 0 saturated heterocycles. The number of ether oxygens (including phenoxy) is 1. The molecule has 206 valence electrons. The summed E-state index contributed by atoms with van der Waals surface area (Å²) in [7, 11) is 0. The highest BCUT2D eigenvalue weighted by atomic mass is 16.5. The van der Waals surface area contributed by atoms with E-state index in [4.69, 9.17) is 4.74 Å². The molecule has 4 saturated carbocycles. The van der Waals surface area contributed by atoms with Crippen molar-refractivity contribution in [2.45, 2.75) is 96.7 Å². The number of aromatic nitrogens is 1. The summed E-state index contributed by atoms with van der Waals surface area (Å²) in [6, 6.07) is 14.1. The number of fused-ring (bicyclic) bond motifs is 1. The molecule has 0 unspecified atom stereocenters. The van der Waals surface area contributed by atoms with Crippen LogP contribution in [0.5, 0.6) is 5.75 Å². The molecule has 0 aliphatic heterocycles. The maximum absolute atomic E-state index is 13.9. The average molecular weight is 527 g/mol. The van der Waals surface area contributed by atoms with Crippen LogP contribution in [0.2, 0.25) is 0 Å². The molecule has 3 aromatic rings. The van der Waals surface area contributed by atoms with Crippen molar-refractivity contribution in [1.29, 1.82) is 0 Å². The van der Waals surface area contributed by atoms with E-state index < -0.39 is 0 Å². The standard InChI is InChI=1S/C34H42N2O3/c1-4-5-6-13-36-21-30(33(38)35-34-18-23-14-24(19-34)16-25(15-23)20-34)32(37)29-17-27(9-12-31(29)36)26-7-10-28(11-8-26)39-22(2)3/h7-12,17,21-25H,4-6,13-16,18-20H2,1-3H3,(H,35,38). The molecule has 4 aliphatic rings. The third-order valence-electron chi connectivity index (χ3n) is 9.30.